The summed E-state index contributed by atoms with van der Waals surface area (Å²) in [5.74, 6) is 0. The van der Waals surface area contributed by atoms with Crippen molar-refractivity contribution >= 4 is 5.69 Å². The topological polar surface area (TPSA) is 72.4 Å². The number of hydrogen-bond acceptors (Lipinski definition) is 4. The van der Waals surface area contributed by atoms with Crippen molar-refractivity contribution in [2.75, 3.05) is 13.1 Å². The lowest BCUT2D eigenvalue weighted by atomic mass is 9.97. The Morgan fingerprint density at radius 3 is 2.47 bits per heavy atom. The third-order valence-electron chi connectivity index (χ3n) is 3.27. The van der Waals surface area contributed by atoms with Gasteiger partial charge in [0.1, 0.15) is 0 Å². The van der Waals surface area contributed by atoms with Crippen LogP contribution in [0.1, 0.15) is 39.3 Å². The molecule has 0 radical (unpaired) electrons. The third-order valence-corrected chi connectivity index (χ3v) is 3.27. The summed E-state index contributed by atoms with van der Waals surface area (Å²) in [7, 11) is 0. The smallest absolute Gasteiger partial charge is 0.269 e. The number of non-ortho nitro benzene ring substituents is 1. The van der Waals surface area contributed by atoms with Crippen LogP contribution in [0.25, 0.3) is 0 Å². The summed E-state index contributed by atoms with van der Waals surface area (Å²) < 4.78 is 0. The van der Waals surface area contributed by atoms with Crippen molar-refractivity contribution in [3.63, 3.8) is 0 Å². The molecule has 1 rings (SSSR count). The first kappa shape index (κ1) is 15.6. The number of likely N-dealkylation sites (N-methyl/N-ethyl adjacent to an activating group) is 1. The van der Waals surface area contributed by atoms with E-state index in [1.165, 1.54) is 6.07 Å². The second-order valence-corrected chi connectivity index (χ2v) is 5.56. The largest absolute Gasteiger partial charge is 0.329 e. The van der Waals surface area contributed by atoms with E-state index in [-0.39, 0.29) is 22.2 Å². The summed E-state index contributed by atoms with van der Waals surface area (Å²) in [6, 6.07) is 6.73. The Balaban J connectivity index is 3.15. The second-order valence-electron chi connectivity index (χ2n) is 5.56. The van der Waals surface area contributed by atoms with Gasteiger partial charge >= 0.3 is 0 Å². The van der Waals surface area contributed by atoms with E-state index in [4.69, 9.17) is 5.73 Å². The van der Waals surface area contributed by atoms with Crippen LogP contribution in [0.5, 0.6) is 0 Å². The highest BCUT2D eigenvalue weighted by Crippen LogP contribution is 2.29. The maximum Gasteiger partial charge on any atom is 0.269 e. The fourth-order valence-corrected chi connectivity index (χ4v) is 2.45. The molecular weight excluding hydrogens is 242 g/mol. The predicted molar refractivity (Wildman–Crippen MR) is 77.0 cm³/mol. The Kier molecular flexibility index (Phi) is 5.03. The highest BCUT2D eigenvalue weighted by Gasteiger charge is 2.28. The van der Waals surface area contributed by atoms with Crippen LogP contribution in [0.4, 0.5) is 5.69 Å². The predicted octanol–water partition coefficient (Wildman–Crippen LogP) is 2.72. The molecule has 0 saturated heterocycles. The lowest BCUT2D eigenvalue weighted by Gasteiger charge is -2.40. The zero-order valence-electron chi connectivity index (χ0n) is 12.1. The van der Waals surface area contributed by atoms with Gasteiger partial charge in [0.15, 0.2) is 0 Å². The van der Waals surface area contributed by atoms with Crippen molar-refractivity contribution in [3.05, 3.63) is 39.9 Å². The molecule has 1 aromatic carbocycles. The van der Waals surface area contributed by atoms with E-state index in [2.05, 4.69) is 32.6 Å². The summed E-state index contributed by atoms with van der Waals surface area (Å²) >= 11 is 0. The molecule has 5 heteroatoms. The molecule has 1 unspecified atom stereocenters. The number of benzene rings is 1. The fourth-order valence-electron chi connectivity index (χ4n) is 2.45. The first-order valence-electron chi connectivity index (χ1n) is 6.52. The van der Waals surface area contributed by atoms with Crippen molar-refractivity contribution in [2.45, 2.75) is 39.3 Å². The molecule has 0 aliphatic heterocycles. The Bertz CT molecular complexity index is 441. The van der Waals surface area contributed by atoms with Crippen molar-refractivity contribution in [1.29, 1.82) is 0 Å². The van der Waals surface area contributed by atoms with Gasteiger partial charge in [0.25, 0.3) is 5.69 Å². The molecule has 19 heavy (non-hydrogen) atoms. The normalized spacial score (nSPS) is 13.6. The summed E-state index contributed by atoms with van der Waals surface area (Å²) in [4.78, 5) is 12.7. The summed E-state index contributed by atoms with van der Waals surface area (Å²) in [6.45, 7) is 9.72. The summed E-state index contributed by atoms with van der Waals surface area (Å²) in [5.41, 5.74) is 6.86. The van der Waals surface area contributed by atoms with Crippen LogP contribution in [0.3, 0.4) is 0 Å². The van der Waals surface area contributed by atoms with Crippen molar-refractivity contribution < 1.29 is 4.92 Å². The van der Waals surface area contributed by atoms with Gasteiger partial charge in [-0.15, -0.1) is 0 Å². The van der Waals surface area contributed by atoms with Crippen molar-refractivity contribution in [1.82, 2.24) is 4.90 Å². The first-order chi connectivity index (χ1) is 8.81. The zero-order chi connectivity index (χ0) is 14.6. The van der Waals surface area contributed by atoms with Crippen LogP contribution in [-0.4, -0.2) is 28.5 Å². The van der Waals surface area contributed by atoms with Crippen LogP contribution in [0.15, 0.2) is 24.3 Å². The number of nitrogens with two attached hydrogens (primary N) is 1. The van der Waals surface area contributed by atoms with E-state index in [9.17, 15) is 10.1 Å². The summed E-state index contributed by atoms with van der Waals surface area (Å²) in [5, 5.41) is 10.9. The molecule has 0 fully saturated rings. The maximum atomic E-state index is 10.9. The molecule has 5 nitrogen and oxygen atoms in total. The molecule has 0 amide bonds. The van der Waals surface area contributed by atoms with Gasteiger partial charge < -0.3 is 5.73 Å². The molecule has 0 saturated carbocycles. The molecule has 0 bridgehead atoms. The van der Waals surface area contributed by atoms with Gasteiger partial charge in [-0.05, 0) is 32.9 Å². The number of nitro benzene ring substituents is 1. The Labute approximate surface area is 114 Å². The lowest BCUT2D eigenvalue weighted by Crippen LogP contribution is -2.46. The number of nitro groups is 1. The maximum absolute atomic E-state index is 10.9. The van der Waals surface area contributed by atoms with E-state index < -0.39 is 0 Å². The second kappa shape index (κ2) is 6.12. The molecule has 1 aromatic rings. The molecule has 0 spiro atoms. The van der Waals surface area contributed by atoms with Gasteiger partial charge in [-0.3, -0.25) is 15.0 Å². The first-order valence-corrected chi connectivity index (χ1v) is 6.52. The quantitative estimate of drug-likeness (QED) is 0.656. The van der Waals surface area contributed by atoms with Crippen molar-refractivity contribution in [2.24, 2.45) is 5.73 Å². The van der Waals surface area contributed by atoms with E-state index in [0.717, 1.165) is 12.1 Å². The molecule has 1 atom stereocenters. The Morgan fingerprint density at radius 2 is 2.05 bits per heavy atom. The van der Waals surface area contributed by atoms with Crippen LogP contribution in [0, 0.1) is 10.1 Å². The van der Waals surface area contributed by atoms with Crippen LogP contribution in [-0.2, 0) is 0 Å². The van der Waals surface area contributed by atoms with Crippen LogP contribution < -0.4 is 5.73 Å². The highest BCUT2D eigenvalue weighted by atomic mass is 16.6. The standard InChI is InChI=1S/C14H23N3O2/c1-5-16(14(2,3)4)13(10-15)11-7-6-8-12(9-11)17(18)19/h6-9,13H,5,10,15H2,1-4H3. The van der Waals surface area contributed by atoms with Crippen LogP contribution >= 0.6 is 0 Å². The molecule has 0 aromatic heterocycles. The zero-order valence-corrected chi connectivity index (χ0v) is 12.1. The van der Waals surface area contributed by atoms with Gasteiger partial charge in [-0.25, -0.2) is 0 Å². The minimum Gasteiger partial charge on any atom is -0.329 e. The summed E-state index contributed by atoms with van der Waals surface area (Å²) in [6.07, 6.45) is 0. The van der Waals surface area contributed by atoms with E-state index in [1.807, 2.05) is 6.07 Å². The van der Waals surface area contributed by atoms with E-state index in [1.54, 1.807) is 12.1 Å². The SMILES string of the molecule is CCN(C(CN)c1cccc([N+](=O)[O-])c1)C(C)(C)C. The van der Waals surface area contributed by atoms with E-state index >= 15 is 0 Å². The lowest BCUT2D eigenvalue weighted by molar-refractivity contribution is -0.385. The average Bonchev–Trinajstić information content (AvgIpc) is 2.34. The third kappa shape index (κ3) is 3.75. The van der Waals surface area contributed by atoms with Gasteiger partial charge in [0.05, 0.1) is 4.92 Å². The average molecular weight is 265 g/mol. The molecule has 0 aliphatic rings. The monoisotopic (exact) mass is 265 g/mol. The Hall–Kier alpha value is -1.46. The van der Waals surface area contributed by atoms with Gasteiger partial charge in [0, 0.05) is 30.3 Å². The van der Waals surface area contributed by atoms with Gasteiger partial charge in [-0.1, -0.05) is 19.1 Å². The van der Waals surface area contributed by atoms with E-state index in [0.29, 0.717) is 6.54 Å². The molecule has 2 N–H and O–H groups in total. The molecule has 0 heterocycles. The fraction of sp³-hybridized carbons (Fsp3) is 0.571. The number of nitrogens with zero attached hydrogens (tertiary/aromatic N) is 2. The minimum absolute atomic E-state index is 0.00935. The Morgan fingerprint density at radius 1 is 1.42 bits per heavy atom. The van der Waals surface area contributed by atoms with Gasteiger partial charge in [0.2, 0.25) is 0 Å². The number of rotatable bonds is 5. The minimum atomic E-state index is -0.371. The molecular formula is C14H23N3O2. The molecule has 0 aliphatic carbocycles. The van der Waals surface area contributed by atoms with Crippen LogP contribution in [0.2, 0.25) is 0 Å². The van der Waals surface area contributed by atoms with Gasteiger partial charge in [-0.2, -0.15) is 0 Å². The van der Waals surface area contributed by atoms with Crippen molar-refractivity contribution in [3.8, 4) is 0 Å². The highest BCUT2D eigenvalue weighted by molar-refractivity contribution is 5.36. The number of hydrogen-bond donors (Lipinski definition) is 1. The molecule has 106 valence electrons.